The predicted octanol–water partition coefficient (Wildman–Crippen LogP) is 1.96. The van der Waals surface area contributed by atoms with E-state index in [1.165, 1.54) is 6.92 Å². The highest BCUT2D eigenvalue weighted by Gasteiger charge is 2.04. The Labute approximate surface area is 82.2 Å². The second kappa shape index (κ2) is 4.40. The van der Waals surface area contributed by atoms with Gasteiger partial charge in [0.25, 0.3) is 0 Å². The van der Waals surface area contributed by atoms with Crippen LogP contribution in [0.5, 0.6) is 0 Å². The van der Waals surface area contributed by atoms with E-state index < -0.39 is 0 Å². The maximum Gasteiger partial charge on any atom is 0.134 e. The molecule has 0 saturated carbocycles. The summed E-state index contributed by atoms with van der Waals surface area (Å²) in [5.41, 5.74) is 1.57. The van der Waals surface area contributed by atoms with E-state index in [-0.39, 0.29) is 12.4 Å². The highest BCUT2D eigenvalue weighted by atomic mass is 35.5. The fourth-order valence-corrected chi connectivity index (χ4v) is 1.38. The Hall–Kier alpha value is -0.860. The molecule has 0 radical (unpaired) electrons. The Bertz CT molecular complexity index is 321. The molecule has 70 valence electrons. The molecule has 0 bridgehead atoms. The highest BCUT2D eigenvalue weighted by molar-refractivity contribution is 6.30. The van der Waals surface area contributed by atoms with Crippen molar-refractivity contribution in [2.24, 2.45) is 0 Å². The van der Waals surface area contributed by atoms with Crippen LogP contribution in [-0.4, -0.2) is 10.9 Å². The van der Waals surface area contributed by atoms with Crippen molar-refractivity contribution in [2.45, 2.75) is 20.0 Å². The quantitative estimate of drug-likeness (QED) is 0.807. The van der Waals surface area contributed by atoms with Crippen LogP contribution in [0.3, 0.4) is 0 Å². The second-order valence-corrected chi connectivity index (χ2v) is 3.39. The topological polar surface area (TPSA) is 37.3 Å². The van der Waals surface area contributed by atoms with Crippen LogP contribution in [0.4, 0.5) is 0 Å². The average molecular weight is 199 g/mol. The van der Waals surface area contributed by atoms with Crippen LogP contribution in [0.15, 0.2) is 18.2 Å². The third-order valence-corrected chi connectivity index (χ3v) is 2.01. The van der Waals surface area contributed by atoms with Gasteiger partial charge in [-0.15, -0.1) is 0 Å². The van der Waals surface area contributed by atoms with Crippen molar-refractivity contribution < 1.29 is 9.90 Å². The number of ketones is 1. The summed E-state index contributed by atoms with van der Waals surface area (Å²) in [6, 6.07) is 5.17. The van der Waals surface area contributed by atoms with Crippen LogP contribution in [0, 0.1) is 0 Å². The molecular formula is C10H11ClO2. The third kappa shape index (κ3) is 2.83. The van der Waals surface area contributed by atoms with Gasteiger partial charge < -0.3 is 5.11 Å². The largest absolute Gasteiger partial charge is 0.392 e. The lowest BCUT2D eigenvalue weighted by Gasteiger charge is -2.05. The number of aliphatic hydroxyl groups excluding tert-OH is 1. The Kier molecular flexibility index (Phi) is 3.46. The molecule has 13 heavy (non-hydrogen) atoms. The molecule has 2 nitrogen and oxygen atoms in total. The molecule has 0 aliphatic heterocycles. The molecule has 0 spiro atoms. The summed E-state index contributed by atoms with van der Waals surface area (Å²) in [5, 5.41) is 9.57. The minimum absolute atomic E-state index is 0.0802. The lowest BCUT2D eigenvalue weighted by atomic mass is 10.0. The second-order valence-electron chi connectivity index (χ2n) is 2.95. The summed E-state index contributed by atoms with van der Waals surface area (Å²) in [5.74, 6) is 0.0806. The van der Waals surface area contributed by atoms with E-state index in [4.69, 9.17) is 16.7 Å². The van der Waals surface area contributed by atoms with Gasteiger partial charge in [0.05, 0.1) is 6.61 Å². The smallest absolute Gasteiger partial charge is 0.134 e. The number of carbonyl (C=O) groups excluding carboxylic acids is 1. The number of Topliss-reactive ketones (excluding diaryl/α,β-unsaturated/α-hetero) is 1. The summed E-state index contributed by atoms with van der Waals surface area (Å²) in [6.07, 6.45) is 0.354. The van der Waals surface area contributed by atoms with Crippen molar-refractivity contribution in [3.63, 3.8) is 0 Å². The van der Waals surface area contributed by atoms with E-state index in [1.807, 2.05) is 0 Å². The summed E-state index contributed by atoms with van der Waals surface area (Å²) >= 11 is 5.74. The van der Waals surface area contributed by atoms with E-state index in [2.05, 4.69) is 0 Å². The monoisotopic (exact) mass is 198 g/mol. The highest BCUT2D eigenvalue weighted by Crippen LogP contribution is 2.16. The number of hydrogen-bond acceptors (Lipinski definition) is 2. The molecule has 0 aromatic heterocycles. The van der Waals surface area contributed by atoms with Crippen LogP contribution in [0.25, 0.3) is 0 Å². The van der Waals surface area contributed by atoms with Crippen LogP contribution >= 0.6 is 11.6 Å². The predicted molar refractivity (Wildman–Crippen MR) is 51.8 cm³/mol. The number of halogens is 1. The van der Waals surface area contributed by atoms with Crippen molar-refractivity contribution in [2.75, 3.05) is 0 Å². The molecule has 0 heterocycles. The van der Waals surface area contributed by atoms with Crippen LogP contribution in [0.2, 0.25) is 5.02 Å². The number of benzene rings is 1. The van der Waals surface area contributed by atoms with E-state index in [0.29, 0.717) is 11.4 Å². The number of rotatable bonds is 3. The SMILES string of the molecule is CC(=O)Cc1ccc(Cl)cc1CO. The zero-order chi connectivity index (χ0) is 9.84. The van der Waals surface area contributed by atoms with Gasteiger partial charge in [-0.25, -0.2) is 0 Å². The Morgan fingerprint density at radius 1 is 1.46 bits per heavy atom. The van der Waals surface area contributed by atoms with E-state index in [1.54, 1.807) is 18.2 Å². The third-order valence-electron chi connectivity index (χ3n) is 1.78. The first-order chi connectivity index (χ1) is 6.13. The van der Waals surface area contributed by atoms with Gasteiger partial charge in [0.2, 0.25) is 0 Å². The van der Waals surface area contributed by atoms with Gasteiger partial charge in [-0.3, -0.25) is 4.79 Å². The van der Waals surface area contributed by atoms with Gasteiger partial charge in [0, 0.05) is 11.4 Å². The van der Waals surface area contributed by atoms with Gasteiger partial charge >= 0.3 is 0 Å². The minimum Gasteiger partial charge on any atom is -0.392 e. The molecule has 1 aromatic rings. The minimum atomic E-state index is -0.0802. The molecule has 1 rings (SSSR count). The Morgan fingerprint density at radius 3 is 2.69 bits per heavy atom. The molecule has 0 amide bonds. The van der Waals surface area contributed by atoms with E-state index >= 15 is 0 Å². The fraction of sp³-hybridized carbons (Fsp3) is 0.300. The van der Waals surface area contributed by atoms with Crippen LogP contribution in [-0.2, 0) is 17.8 Å². The summed E-state index contributed by atoms with van der Waals surface area (Å²) in [7, 11) is 0. The molecule has 3 heteroatoms. The van der Waals surface area contributed by atoms with Crippen molar-refractivity contribution in [1.29, 1.82) is 0 Å². The molecule has 0 saturated heterocycles. The van der Waals surface area contributed by atoms with Gasteiger partial charge in [0.15, 0.2) is 0 Å². The number of hydrogen-bond donors (Lipinski definition) is 1. The maximum atomic E-state index is 10.9. The molecule has 0 aliphatic rings. The number of aliphatic hydroxyl groups is 1. The molecule has 0 fully saturated rings. The standard InChI is InChI=1S/C10H11ClO2/c1-7(13)4-8-2-3-10(11)5-9(8)6-12/h2-3,5,12H,4,6H2,1H3. The number of carbonyl (C=O) groups is 1. The molecule has 1 N–H and O–H groups in total. The maximum absolute atomic E-state index is 10.9. The first kappa shape index (κ1) is 10.2. The van der Waals surface area contributed by atoms with Crippen LogP contribution in [0.1, 0.15) is 18.1 Å². The van der Waals surface area contributed by atoms with Gasteiger partial charge in [-0.05, 0) is 30.2 Å². The lowest BCUT2D eigenvalue weighted by molar-refractivity contribution is -0.116. The summed E-state index contributed by atoms with van der Waals surface area (Å²) < 4.78 is 0. The lowest BCUT2D eigenvalue weighted by Crippen LogP contribution is -2.00. The Balaban J connectivity index is 2.99. The van der Waals surface area contributed by atoms with Gasteiger partial charge in [-0.1, -0.05) is 17.7 Å². The summed E-state index contributed by atoms with van der Waals surface area (Å²) in [4.78, 5) is 10.9. The van der Waals surface area contributed by atoms with E-state index in [0.717, 1.165) is 11.1 Å². The average Bonchev–Trinajstić information content (AvgIpc) is 2.07. The summed E-state index contributed by atoms with van der Waals surface area (Å²) in [6.45, 7) is 1.44. The molecule has 1 aromatic carbocycles. The zero-order valence-corrected chi connectivity index (χ0v) is 8.14. The zero-order valence-electron chi connectivity index (χ0n) is 7.38. The van der Waals surface area contributed by atoms with Gasteiger partial charge in [0.1, 0.15) is 5.78 Å². The fourth-order valence-electron chi connectivity index (χ4n) is 1.18. The Morgan fingerprint density at radius 2 is 2.15 bits per heavy atom. The van der Waals surface area contributed by atoms with Crippen molar-refractivity contribution in [3.8, 4) is 0 Å². The molecule has 0 unspecified atom stereocenters. The molecular weight excluding hydrogens is 188 g/mol. The molecule has 0 aliphatic carbocycles. The van der Waals surface area contributed by atoms with E-state index in [9.17, 15) is 4.79 Å². The van der Waals surface area contributed by atoms with Crippen LogP contribution < -0.4 is 0 Å². The normalized spacial score (nSPS) is 10.1. The molecule has 0 atom stereocenters. The first-order valence-corrected chi connectivity index (χ1v) is 4.39. The van der Waals surface area contributed by atoms with Crippen molar-refractivity contribution in [3.05, 3.63) is 34.3 Å². The first-order valence-electron chi connectivity index (χ1n) is 4.01. The van der Waals surface area contributed by atoms with Gasteiger partial charge in [-0.2, -0.15) is 0 Å². The van der Waals surface area contributed by atoms with Crippen molar-refractivity contribution in [1.82, 2.24) is 0 Å². The van der Waals surface area contributed by atoms with Crippen molar-refractivity contribution >= 4 is 17.4 Å².